The second-order valence-corrected chi connectivity index (χ2v) is 5.84. The number of nitrogens with zero attached hydrogens (tertiary/aromatic N) is 4. The molecular formula is C14H14BrN5. The van der Waals surface area contributed by atoms with Crippen molar-refractivity contribution in [2.24, 2.45) is 0 Å². The van der Waals surface area contributed by atoms with Crippen LogP contribution in [0.4, 0.5) is 5.82 Å². The van der Waals surface area contributed by atoms with E-state index in [9.17, 15) is 0 Å². The van der Waals surface area contributed by atoms with Crippen LogP contribution in [0, 0.1) is 0 Å². The molecule has 0 bridgehead atoms. The van der Waals surface area contributed by atoms with Crippen LogP contribution in [0.3, 0.4) is 0 Å². The van der Waals surface area contributed by atoms with Crippen LogP contribution >= 0.6 is 15.9 Å². The Kier molecular flexibility index (Phi) is 2.85. The predicted molar refractivity (Wildman–Crippen MR) is 83.3 cm³/mol. The van der Waals surface area contributed by atoms with Gasteiger partial charge in [0.1, 0.15) is 0 Å². The summed E-state index contributed by atoms with van der Waals surface area (Å²) in [6.45, 7) is 3.93. The van der Waals surface area contributed by atoms with Gasteiger partial charge in [0, 0.05) is 43.0 Å². The molecule has 1 N–H and O–H groups in total. The molecule has 102 valence electrons. The first kappa shape index (κ1) is 12.1. The SMILES string of the molecule is Brc1ccc2nc(N3CCNCC3)c3nccn3c2c1. The lowest BCUT2D eigenvalue weighted by atomic mass is 10.3. The summed E-state index contributed by atoms with van der Waals surface area (Å²) in [4.78, 5) is 11.6. The molecule has 1 fully saturated rings. The van der Waals surface area contributed by atoms with Gasteiger partial charge >= 0.3 is 0 Å². The van der Waals surface area contributed by atoms with Crippen LogP contribution in [0.15, 0.2) is 35.1 Å². The van der Waals surface area contributed by atoms with E-state index in [4.69, 9.17) is 4.98 Å². The smallest absolute Gasteiger partial charge is 0.180 e. The number of halogens is 1. The van der Waals surface area contributed by atoms with E-state index >= 15 is 0 Å². The predicted octanol–water partition coefficient (Wildman–Crippen LogP) is 2.05. The van der Waals surface area contributed by atoms with Gasteiger partial charge in [-0.25, -0.2) is 9.97 Å². The number of aromatic nitrogens is 3. The summed E-state index contributed by atoms with van der Waals surface area (Å²) < 4.78 is 3.17. The number of fused-ring (bicyclic) bond motifs is 3. The Morgan fingerprint density at radius 2 is 2.05 bits per heavy atom. The van der Waals surface area contributed by atoms with Crippen molar-refractivity contribution in [1.82, 2.24) is 19.7 Å². The third kappa shape index (κ3) is 1.87. The number of nitrogens with one attached hydrogen (secondary N) is 1. The van der Waals surface area contributed by atoms with Crippen LogP contribution in [0.25, 0.3) is 16.7 Å². The largest absolute Gasteiger partial charge is 0.351 e. The molecule has 0 amide bonds. The second kappa shape index (κ2) is 4.71. The molecule has 4 rings (SSSR count). The number of hydrogen-bond acceptors (Lipinski definition) is 4. The summed E-state index contributed by atoms with van der Waals surface area (Å²) in [6, 6.07) is 6.16. The first-order valence-corrected chi connectivity index (χ1v) is 7.50. The summed E-state index contributed by atoms with van der Waals surface area (Å²) in [7, 11) is 0. The highest BCUT2D eigenvalue weighted by Crippen LogP contribution is 2.25. The van der Waals surface area contributed by atoms with Crippen molar-refractivity contribution in [2.45, 2.75) is 0 Å². The maximum atomic E-state index is 4.83. The topological polar surface area (TPSA) is 45.5 Å². The summed E-state index contributed by atoms with van der Waals surface area (Å²) in [5.41, 5.74) is 3.00. The highest BCUT2D eigenvalue weighted by molar-refractivity contribution is 9.10. The van der Waals surface area contributed by atoms with E-state index in [1.807, 2.05) is 24.5 Å². The number of anilines is 1. The zero-order valence-corrected chi connectivity index (χ0v) is 12.5. The Balaban J connectivity index is 1.99. The Bertz CT molecular complexity index is 776. The second-order valence-electron chi connectivity index (χ2n) is 4.93. The highest BCUT2D eigenvalue weighted by atomic mass is 79.9. The first-order chi connectivity index (χ1) is 9.83. The molecule has 0 aliphatic carbocycles. The lowest BCUT2D eigenvalue weighted by Gasteiger charge is -2.28. The molecule has 5 nitrogen and oxygen atoms in total. The number of hydrogen-bond donors (Lipinski definition) is 1. The summed E-state index contributed by atoms with van der Waals surface area (Å²) in [5.74, 6) is 0.978. The Morgan fingerprint density at radius 3 is 2.90 bits per heavy atom. The lowest BCUT2D eigenvalue weighted by Crippen LogP contribution is -2.44. The molecule has 1 saturated heterocycles. The third-order valence-electron chi connectivity index (χ3n) is 3.68. The van der Waals surface area contributed by atoms with Gasteiger partial charge in [-0.15, -0.1) is 0 Å². The monoisotopic (exact) mass is 331 g/mol. The molecule has 1 aliphatic heterocycles. The van der Waals surface area contributed by atoms with Crippen LogP contribution < -0.4 is 10.2 Å². The Morgan fingerprint density at radius 1 is 1.20 bits per heavy atom. The van der Waals surface area contributed by atoms with Gasteiger partial charge in [-0.2, -0.15) is 0 Å². The molecule has 3 aromatic rings. The first-order valence-electron chi connectivity index (χ1n) is 6.71. The van der Waals surface area contributed by atoms with Gasteiger partial charge in [0.05, 0.1) is 11.0 Å². The van der Waals surface area contributed by atoms with Crippen molar-refractivity contribution < 1.29 is 0 Å². The highest BCUT2D eigenvalue weighted by Gasteiger charge is 2.17. The third-order valence-corrected chi connectivity index (χ3v) is 4.17. The van der Waals surface area contributed by atoms with E-state index in [1.54, 1.807) is 0 Å². The molecular weight excluding hydrogens is 318 g/mol. The van der Waals surface area contributed by atoms with Crippen molar-refractivity contribution in [1.29, 1.82) is 0 Å². The van der Waals surface area contributed by atoms with Crippen molar-refractivity contribution >= 4 is 38.4 Å². The van der Waals surface area contributed by atoms with Gasteiger partial charge in [0.2, 0.25) is 0 Å². The van der Waals surface area contributed by atoms with Crippen molar-refractivity contribution in [3.63, 3.8) is 0 Å². The van der Waals surface area contributed by atoms with Crippen LogP contribution in [0.5, 0.6) is 0 Å². The zero-order chi connectivity index (χ0) is 13.5. The standard InChI is InChI=1S/C14H14BrN5/c15-10-1-2-11-12(9-10)20-8-5-17-13(20)14(18-11)19-6-3-16-4-7-19/h1-2,5,8-9,16H,3-4,6-7H2. The van der Waals surface area contributed by atoms with E-state index in [0.29, 0.717) is 0 Å². The van der Waals surface area contributed by atoms with Gasteiger partial charge in [0.25, 0.3) is 0 Å². The molecule has 1 aliphatic rings. The average molecular weight is 332 g/mol. The molecule has 1 aromatic carbocycles. The molecule has 3 heterocycles. The van der Waals surface area contributed by atoms with E-state index in [0.717, 1.165) is 53.2 Å². The van der Waals surface area contributed by atoms with E-state index in [2.05, 4.69) is 41.6 Å². The minimum Gasteiger partial charge on any atom is -0.351 e. The van der Waals surface area contributed by atoms with Gasteiger partial charge in [0.15, 0.2) is 11.5 Å². The number of rotatable bonds is 1. The van der Waals surface area contributed by atoms with Gasteiger partial charge in [-0.1, -0.05) is 15.9 Å². The van der Waals surface area contributed by atoms with Gasteiger partial charge in [-0.3, -0.25) is 4.40 Å². The normalized spacial score (nSPS) is 16.1. The van der Waals surface area contributed by atoms with Gasteiger partial charge < -0.3 is 10.2 Å². The maximum absolute atomic E-state index is 4.83. The molecule has 0 saturated carbocycles. The van der Waals surface area contributed by atoms with Crippen molar-refractivity contribution in [2.75, 3.05) is 31.1 Å². The van der Waals surface area contributed by atoms with Crippen LogP contribution in [0.2, 0.25) is 0 Å². The Hall–Kier alpha value is -1.66. The molecule has 2 aromatic heterocycles. The van der Waals surface area contributed by atoms with E-state index < -0.39 is 0 Å². The van der Waals surface area contributed by atoms with Crippen LogP contribution in [-0.4, -0.2) is 40.5 Å². The Labute approximate surface area is 124 Å². The van der Waals surface area contributed by atoms with Gasteiger partial charge in [-0.05, 0) is 18.2 Å². The molecule has 0 spiro atoms. The minimum atomic E-state index is 0.928. The number of benzene rings is 1. The van der Waals surface area contributed by atoms with Crippen molar-refractivity contribution in [3.05, 3.63) is 35.1 Å². The maximum Gasteiger partial charge on any atom is 0.180 e. The molecule has 0 radical (unpaired) electrons. The number of piperazine rings is 1. The average Bonchev–Trinajstić information content (AvgIpc) is 2.97. The fourth-order valence-corrected chi connectivity index (χ4v) is 3.05. The molecule has 0 atom stereocenters. The quantitative estimate of drug-likeness (QED) is 0.741. The van der Waals surface area contributed by atoms with Crippen LogP contribution in [-0.2, 0) is 0 Å². The minimum absolute atomic E-state index is 0.928. The molecule has 6 heteroatoms. The zero-order valence-electron chi connectivity index (χ0n) is 10.9. The van der Waals surface area contributed by atoms with E-state index in [1.165, 1.54) is 0 Å². The van der Waals surface area contributed by atoms with Crippen LogP contribution in [0.1, 0.15) is 0 Å². The molecule has 0 unspecified atom stereocenters. The fraction of sp³-hybridized carbons (Fsp3) is 0.286. The summed E-state index contributed by atoms with van der Waals surface area (Å²) in [6.07, 6.45) is 3.83. The van der Waals surface area contributed by atoms with E-state index in [-0.39, 0.29) is 0 Å². The summed E-state index contributed by atoms with van der Waals surface area (Å²) in [5, 5.41) is 3.37. The summed E-state index contributed by atoms with van der Waals surface area (Å²) >= 11 is 3.52. The fourth-order valence-electron chi connectivity index (χ4n) is 2.70. The van der Waals surface area contributed by atoms with Crippen molar-refractivity contribution in [3.8, 4) is 0 Å². The number of imidazole rings is 1. The molecule has 20 heavy (non-hydrogen) atoms. The lowest BCUT2D eigenvalue weighted by molar-refractivity contribution is 0.586.